The van der Waals surface area contributed by atoms with Crippen LogP contribution in [-0.4, -0.2) is 14.5 Å². The molecule has 0 saturated carbocycles. The van der Waals surface area contributed by atoms with Gasteiger partial charge in [-0.25, -0.2) is 9.97 Å². The van der Waals surface area contributed by atoms with Crippen LogP contribution in [-0.2, 0) is 0 Å². The fourth-order valence-electron chi connectivity index (χ4n) is 7.19. The fourth-order valence-corrected chi connectivity index (χ4v) is 8.44. The Bertz CT molecular complexity index is 2810. The molecule has 0 radical (unpaired) electrons. The number of rotatable bonds is 3. The number of hydrogen-bond acceptors (Lipinski definition) is 3. The topological polar surface area (TPSA) is 30.7 Å². The van der Waals surface area contributed by atoms with Crippen LogP contribution < -0.4 is 0 Å². The highest BCUT2D eigenvalue weighted by Crippen LogP contribution is 2.47. The van der Waals surface area contributed by atoms with Crippen molar-refractivity contribution in [2.45, 2.75) is 0 Å². The van der Waals surface area contributed by atoms with E-state index in [9.17, 15) is 0 Å². The highest BCUT2D eigenvalue weighted by molar-refractivity contribution is 7.27. The number of hydrogen-bond donors (Lipinski definition) is 0. The van der Waals surface area contributed by atoms with Crippen LogP contribution in [0.1, 0.15) is 0 Å². The molecule has 4 heteroatoms. The first kappa shape index (κ1) is 25.5. The number of thiophene rings is 1. The summed E-state index contributed by atoms with van der Waals surface area (Å²) in [7, 11) is 0. The van der Waals surface area contributed by atoms with Crippen molar-refractivity contribution in [3.05, 3.63) is 152 Å². The third-order valence-corrected chi connectivity index (χ3v) is 10.4. The summed E-state index contributed by atoms with van der Waals surface area (Å²) >= 11 is 1.88. The van der Waals surface area contributed by atoms with Crippen LogP contribution in [0.2, 0.25) is 0 Å². The van der Waals surface area contributed by atoms with E-state index in [2.05, 4.69) is 156 Å². The van der Waals surface area contributed by atoms with Crippen LogP contribution >= 0.6 is 11.3 Å². The molecule has 0 unspecified atom stereocenters. The van der Waals surface area contributed by atoms with Gasteiger partial charge in [-0.05, 0) is 35.4 Å². The zero-order valence-electron chi connectivity index (χ0n) is 24.7. The highest BCUT2D eigenvalue weighted by Gasteiger charge is 2.23. The maximum atomic E-state index is 5.44. The van der Waals surface area contributed by atoms with Crippen molar-refractivity contribution in [1.82, 2.24) is 14.5 Å². The zero-order chi connectivity index (χ0) is 30.2. The number of para-hydroxylation sites is 2. The normalized spacial score (nSPS) is 11.9. The summed E-state index contributed by atoms with van der Waals surface area (Å²) in [6, 6.07) is 53.9. The van der Waals surface area contributed by atoms with Crippen molar-refractivity contribution in [2.24, 2.45) is 0 Å². The molecule has 0 aliphatic rings. The maximum absolute atomic E-state index is 5.44. The van der Waals surface area contributed by atoms with Crippen LogP contribution in [0.25, 0.3) is 92.0 Å². The Morgan fingerprint density at radius 2 is 1.11 bits per heavy atom. The fraction of sp³-hybridized carbons (Fsp3) is 0. The Morgan fingerprint density at radius 1 is 0.457 bits per heavy atom. The van der Waals surface area contributed by atoms with E-state index in [0.29, 0.717) is 5.95 Å². The number of fused-ring (bicyclic) bond motifs is 11. The molecule has 0 amide bonds. The molecule has 10 rings (SSSR count). The SMILES string of the molecule is c1ccc(-c2cccc(-c3nc(-n4c5ccccc5c5c6c7ccccc7sc6c6ccccc6c54)nc4ccccc34)c2)cc1. The number of benzene rings is 7. The second-order valence-corrected chi connectivity index (χ2v) is 12.8. The van der Waals surface area contributed by atoms with Gasteiger partial charge in [0.05, 0.1) is 22.2 Å². The molecule has 0 spiro atoms. The number of aromatic nitrogens is 3. The van der Waals surface area contributed by atoms with E-state index in [0.717, 1.165) is 38.8 Å². The predicted molar refractivity (Wildman–Crippen MR) is 195 cm³/mol. The van der Waals surface area contributed by atoms with Gasteiger partial charge >= 0.3 is 0 Å². The Morgan fingerprint density at radius 3 is 1.98 bits per heavy atom. The Balaban J connectivity index is 1.36. The predicted octanol–water partition coefficient (Wildman–Crippen LogP) is 11.6. The Kier molecular flexibility index (Phi) is 5.45. The Labute approximate surface area is 268 Å². The lowest BCUT2D eigenvalue weighted by Crippen LogP contribution is -2.03. The lowest BCUT2D eigenvalue weighted by molar-refractivity contribution is 1.02. The van der Waals surface area contributed by atoms with Crippen LogP contribution in [0.4, 0.5) is 0 Å². The van der Waals surface area contributed by atoms with Crippen LogP contribution in [0.3, 0.4) is 0 Å². The summed E-state index contributed by atoms with van der Waals surface area (Å²) in [6.07, 6.45) is 0. The Hall–Kier alpha value is -5.84. The molecule has 0 fully saturated rings. The molecule has 0 atom stereocenters. The lowest BCUT2D eigenvalue weighted by Gasteiger charge is -2.13. The minimum atomic E-state index is 0.675. The molecule has 0 aliphatic heterocycles. The molecule has 0 saturated heterocycles. The van der Waals surface area contributed by atoms with Crippen LogP contribution in [0, 0.1) is 0 Å². The summed E-state index contributed by atoms with van der Waals surface area (Å²) in [4.78, 5) is 10.7. The van der Waals surface area contributed by atoms with Gasteiger partial charge in [-0.2, -0.15) is 0 Å². The molecule has 3 nitrogen and oxygen atoms in total. The van der Waals surface area contributed by atoms with Gasteiger partial charge in [0, 0.05) is 52.7 Å². The molecule has 10 aromatic rings. The smallest absolute Gasteiger partial charge is 0.235 e. The van der Waals surface area contributed by atoms with E-state index in [4.69, 9.17) is 9.97 Å². The van der Waals surface area contributed by atoms with E-state index in [1.807, 2.05) is 11.3 Å². The molecular formula is C42H25N3S. The van der Waals surface area contributed by atoms with Crippen molar-refractivity contribution in [2.75, 3.05) is 0 Å². The highest BCUT2D eigenvalue weighted by atomic mass is 32.1. The van der Waals surface area contributed by atoms with E-state index in [1.165, 1.54) is 47.3 Å². The second-order valence-electron chi connectivity index (χ2n) is 11.8. The van der Waals surface area contributed by atoms with Crippen molar-refractivity contribution in [3.63, 3.8) is 0 Å². The van der Waals surface area contributed by atoms with E-state index in [-0.39, 0.29) is 0 Å². The van der Waals surface area contributed by atoms with Crippen molar-refractivity contribution in [3.8, 4) is 28.3 Å². The molecule has 214 valence electrons. The average Bonchev–Trinajstić information content (AvgIpc) is 3.68. The molecule has 0 N–H and O–H groups in total. The van der Waals surface area contributed by atoms with Gasteiger partial charge in [-0.15, -0.1) is 11.3 Å². The van der Waals surface area contributed by atoms with Gasteiger partial charge < -0.3 is 0 Å². The first-order valence-electron chi connectivity index (χ1n) is 15.5. The quantitative estimate of drug-likeness (QED) is 0.201. The largest absolute Gasteiger partial charge is 0.277 e. The molecule has 3 heterocycles. The van der Waals surface area contributed by atoms with E-state index in [1.54, 1.807) is 0 Å². The molecule has 7 aromatic carbocycles. The monoisotopic (exact) mass is 603 g/mol. The number of nitrogens with zero attached hydrogens (tertiary/aromatic N) is 3. The molecule has 3 aromatic heterocycles. The van der Waals surface area contributed by atoms with Crippen LogP contribution in [0.5, 0.6) is 0 Å². The zero-order valence-corrected chi connectivity index (χ0v) is 25.5. The summed E-state index contributed by atoms with van der Waals surface area (Å²) in [6.45, 7) is 0. The first-order chi connectivity index (χ1) is 22.8. The summed E-state index contributed by atoms with van der Waals surface area (Å²) in [5, 5.41) is 8.56. The van der Waals surface area contributed by atoms with Crippen molar-refractivity contribution >= 4 is 75.0 Å². The molecule has 0 bridgehead atoms. The third-order valence-electron chi connectivity index (χ3n) is 9.18. The second kappa shape index (κ2) is 9.83. The summed E-state index contributed by atoms with van der Waals surface area (Å²) in [5.41, 5.74) is 7.51. The minimum Gasteiger partial charge on any atom is -0.277 e. The third kappa shape index (κ3) is 3.65. The lowest BCUT2D eigenvalue weighted by atomic mass is 9.99. The van der Waals surface area contributed by atoms with Crippen LogP contribution in [0.15, 0.2) is 152 Å². The summed E-state index contributed by atoms with van der Waals surface area (Å²) in [5.74, 6) is 0.675. The first-order valence-corrected chi connectivity index (χ1v) is 16.3. The maximum Gasteiger partial charge on any atom is 0.235 e. The van der Waals surface area contributed by atoms with Crippen molar-refractivity contribution in [1.29, 1.82) is 0 Å². The van der Waals surface area contributed by atoms with E-state index < -0.39 is 0 Å². The van der Waals surface area contributed by atoms with Gasteiger partial charge in [0.25, 0.3) is 0 Å². The van der Waals surface area contributed by atoms with Gasteiger partial charge in [0.15, 0.2) is 0 Å². The molecule has 46 heavy (non-hydrogen) atoms. The van der Waals surface area contributed by atoms with Gasteiger partial charge in [-0.1, -0.05) is 127 Å². The van der Waals surface area contributed by atoms with E-state index >= 15 is 0 Å². The van der Waals surface area contributed by atoms with Gasteiger partial charge in [-0.3, -0.25) is 4.57 Å². The molecular weight excluding hydrogens is 579 g/mol. The summed E-state index contributed by atoms with van der Waals surface area (Å²) < 4.78 is 4.93. The standard InChI is InChI=1S/C42H25N3S/c1-2-13-26(14-3-1)27-15-12-16-28(25-27)39-31-19-6-9-22-34(31)43-42(44-39)45-35-23-10-7-20-32(35)37-38-33-21-8-11-24-36(33)46-41(38)30-18-5-4-17-29(30)40(37)45/h1-25H. The van der Waals surface area contributed by atoms with Gasteiger partial charge in [0.1, 0.15) is 0 Å². The van der Waals surface area contributed by atoms with Gasteiger partial charge in [0.2, 0.25) is 5.95 Å². The minimum absolute atomic E-state index is 0.675. The molecule has 0 aliphatic carbocycles. The average molecular weight is 604 g/mol. The van der Waals surface area contributed by atoms with Crippen molar-refractivity contribution < 1.29 is 0 Å².